The van der Waals surface area contributed by atoms with E-state index in [4.69, 9.17) is 0 Å². The third kappa shape index (κ3) is 2.21. The Bertz CT molecular complexity index is 478. The topological polar surface area (TPSA) is 32.3 Å². The van der Waals surface area contributed by atoms with Gasteiger partial charge in [0.2, 0.25) is 5.91 Å². The fourth-order valence-corrected chi connectivity index (χ4v) is 3.90. The molecule has 3 rings (SSSR count). The average Bonchev–Trinajstić information content (AvgIpc) is 2.83. The van der Waals surface area contributed by atoms with Crippen molar-refractivity contribution < 1.29 is 4.79 Å². The van der Waals surface area contributed by atoms with Crippen molar-refractivity contribution in [1.82, 2.24) is 10.2 Å². The highest BCUT2D eigenvalue weighted by Gasteiger charge is 2.45. The maximum Gasteiger partial charge on any atom is 0.241 e. The highest BCUT2D eigenvalue weighted by molar-refractivity contribution is 7.12. The highest BCUT2D eigenvalue weighted by Crippen LogP contribution is 2.38. The quantitative estimate of drug-likeness (QED) is 0.921. The van der Waals surface area contributed by atoms with E-state index in [0.717, 1.165) is 0 Å². The number of amides is 1. The molecule has 2 aliphatic rings. The van der Waals surface area contributed by atoms with Gasteiger partial charge in [-0.25, -0.2) is 0 Å². The average molecular weight is 278 g/mol. The number of nitrogens with one attached hydrogen (secondary N) is 1. The molecule has 104 valence electrons. The monoisotopic (exact) mass is 278 g/mol. The summed E-state index contributed by atoms with van der Waals surface area (Å²) in [4.78, 5) is 17.4. The van der Waals surface area contributed by atoms with Gasteiger partial charge in [-0.15, -0.1) is 11.3 Å². The van der Waals surface area contributed by atoms with E-state index in [9.17, 15) is 4.79 Å². The van der Waals surface area contributed by atoms with Crippen molar-refractivity contribution >= 4 is 17.2 Å². The lowest BCUT2D eigenvalue weighted by molar-refractivity contribution is -0.134. The van der Waals surface area contributed by atoms with Gasteiger partial charge in [-0.3, -0.25) is 10.1 Å². The smallest absolute Gasteiger partial charge is 0.241 e. The molecular formula is C15H22N2OS. The molecule has 1 aromatic heterocycles. The van der Waals surface area contributed by atoms with Crippen LogP contribution >= 0.6 is 11.3 Å². The first-order valence-electron chi connectivity index (χ1n) is 7.22. The minimum atomic E-state index is -0.0204. The van der Waals surface area contributed by atoms with Crippen molar-refractivity contribution in [2.24, 2.45) is 5.92 Å². The summed E-state index contributed by atoms with van der Waals surface area (Å²) in [5.74, 6) is 0.650. The molecule has 1 N–H and O–H groups in total. The van der Waals surface area contributed by atoms with Crippen LogP contribution in [0, 0.1) is 12.8 Å². The first-order valence-corrected chi connectivity index (χ1v) is 8.04. The second kappa shape index (κ2) is 4.91. The van der Waals surface area contributed by atoms with Gasteiger partial charge in [-0.1, -0.05) is 13.8 Å². The van der Waals surface area contributed by atoms with Crippen molar-refractivity contribution in [2.75, 3.05) is 0 Å². The lowest BCUT2D eigenvalue weighted by Gasteiger charge is -2.38. The Balaban J connectivity index is 1.89. The Morgan fingerprint density at radius 3 is 2.58 bits per heavy atom. The first-order chi connectivity index (χ1) is 9.08. The Kier molecular flexibility index (Phi) is 3.39. The van der Waals surface area contributed by atoms with Gasteiger partial charge in [-0.05, 0) is 44.2 Å². The SMILES string of the molecule is Cc1ccc(C2NC(C(C)C)C(=O)N2C2CCC2)s1. The van der Waals surface area contributed by atoms with E-state index >= 15 is 0 Å². The third-order valence-corrected chi connectivity index (χ3v) is 5.35. The molecule has 2 atom stereocenters. The number of hydrogen-bond acceptors (Lipinski definition) is 3. The van der Waals surface area contributed by atoms with Crippen LogP contribution in [0.3, 0.4) is 0 Å². The van der Waals surface area contributed by atoms with E-state index in [2.05, 4.69) is 43.1 Å². The minimum absolute atomic E-state index is 0.0204. The lowest BCUT2D eigenvalue weighted by atomic mass is 9.90. The molecule has 2 heterocycles. The van der Waals surface area contributed by atoms with Crippen LogP contribution < -0.4 is 5.32 Å². The Morgan fingerprint density at radius 2 is 2.11 bits per heavy atom. The number of thiophene rings is 1. The maximum atomic E-state index is 12.6. The molecule has 2 fully saturated rings. The molecule has 1 aromatic rings. The fourth-order valence-electron chi connectivity index (χ4n) is 2.96. The number of carbonyl (C=O) groups excluding carboxylic acids is 1. The van der Waals surface area contributed by atoms with Crippen molar-refractivity contribution in [3.05, 3.63) is 21.9 Å². The Labute approximate surface area is 119 Å². The van der Waals surface area contributed by atoms with Crippen LogP contribution in [0.4, 0.5) is 0 Å². The second-order valence-corrected chi connectivity index (χ2v) is 7.39. The first kappa shape index (κ1) is 13.1. The molecule has 1 aliphatic carbocycles. The maximum absolute atomic E-state index is 12.6. The van der Waals surface area contributed by atoms with Crippen LogP contribution in [0.15, 0.2) is 12.1 Å². The van der Waals surface area contributed by atoms with Gasteiger partial charge >= 0.3 is 0 Å². The van der Waals surface area contributed by atoms with E-state index < -0.39 is 0 Å². The van der Waals surface area contributed by atoms with E-state index in [0.29, 0.717) is 17.9 Å². The summed E-state index contributed by atoms with van der Waals surface area (Å²) < 4.78 is 0. The largest absolute Gasteiger partial charge is 0.318 e. The molecular weight excluding hydrogens is 256 g/mol. The standard InChI is InChI=1S/C15H22N2OS/c1-9(2)13-15(18)17(11-5-4-6-11)14(16-13)12-8-7-10(3)19-12/h7-9,11,13-14,16H,4-6H2,1-3H3. The molecule has 0 bridgehead atoms. The molecule has 1 saturated heterocycles. The van der Waals surface area contributed by atoms with Crippen molar-refractivity contribution in [1.29, 1.82) is 0 Å². The van der Waals surface area contributed by atoms with E-state index in [-0.39, 0.29) is 12.2 Å². The molecule has 4 heteroatoms. The predicted octanol–water partition coefficient (Wildman–Crippen LogP) is 3.06. The van der Waals surface area contributed by atoms with Crippen LogP contribution in [0.2, 0.25) is 0 Å². The van der Waals surface area contributed by atoms with E-state index in [1.165, 1.54) is 29.0 Å². The molecule has 1 amide bonds. The lowest BCUT2D eigenvalue weighted by Crippen LogP contribution is -2.44. The van der Waals surface area contributed by atoms with Gasteiger partial charge < -0.3 is 4.90 Å². The molecule has 2 unspecified atom stereocenters. The summed E-state index contributed by atoms with van der Waals surface area (Å²) in [6.07, 6.45) is 3.69. The van der Waals surface area contributed by atoms with E-state index in [1.54, 1.807) is 11.3 Å². The predicted molar refractivity (Wildman–Crippen MR) is 78.0 cm³/mol. The van der Waals surface area contributed by atoms with Crippen LogP contribution in [0.25, 0.3) is 0 Å². The Morgan fingerprint density at radius 1 is 1.37 bits per heavy atom. The van der Waals surface area contributed by atoms with Gasteiger partial charge in [0.15, 0.2) is 0 Å². The molecule has 0 spiro atoms. The summed E-state index contributed by atoms with van der Waals surface area (Å²) in [7, 11) is 0. The number of hydrogen-bond donors (Lipinski definition) is 1. The molecule has 3 nitrogen and oxygen atoms in total. The van der Waals surface area contributed by atoms with Gasteiger partial charge in [0, 0.05) is 15.8 Å². The van der Waals surface area contributed by atoms with Gasteiger partial charge in [0.25, 0.3) is 0 Å². The van der Waals surface area contributed by atoms with E-state index in [1.807, 2.05) is 0 Å². The van der Waals surface area contributed by atoms with Crippen LogP contribution in [-0.4, -0.2) is 22.9 Å². The normalized spacial score (nSPS) is 28.2. The van der Waals surface area contributed by atoms with Crippen molar-refractivity contribution in [3.63, 3.8) is 0 Å². The minimum Gasteiger partial charge on any atom is -0.318 e. The zero-order chi connectivity index (χ0) is 13.6. The number of nitrogens with zero attached hydrogens (tertiary/aromatic N) is 1. The highest BCUT2D eigenvalue weighted by atomic mass is 32.1. The molecule has 0 radical (unpaired) electrons. The summed E-state index contributed by atoms with van der Waals surface area (Å²) in [6, 6.07) is 4.75. The van der Waals surface area contributed by atoms with Crippen molar-refractivity contribution in [3.8, 4) is 0 Å². The van der Waals surface area contributed by atoms with Gasteiger partial charge in [0.05, 0.1) is 6.04 Å². The third-order valence-electron chi connectivity index (χ3n) is 4.30. The van der Waals surface area contributed by atoms with Gasteiger partial charge in [0.1, 0.15) is 6.17 Å². The molecule has 1 saturated carbocycles. The summed E-state index contributed by atoms with van der Waals surface area (Å²) in [6.45, 7) is 6.37. The molecule has 19 heavy (non-hydrogen) atoms. The number of aryl methyl sites for hydroxylation is 1. The zero-order valence-electron chi connectivity index (χ0n) is 11.8. The second-order valence-electron chi connectivity index (χ2n) is 6.07. The summed E-state index contributed by atoms with van der Waals surface area (Å²) in [5, 5.41) is 3.56. The molecule has 0 aromatic carbocycles. The van der Waals surface area contributed by atoms with Crippen LogP contribution in [0.5, 0.6) is 0 Å². The van der Waals surface area contributed by atoms with Crippen LogP contribution in [-0.2, 0) is 4.79 Å². The zero-order valence-corrected chi connectivity index (χ0v) is 12.7. The van der Waals surface area contributed by atoms with Crippen LogP contribution in [0.1, 0.15) is 49.0 Å². The number of carbonyl (C=O) groups is 1. The fraction of sp³-hybridized carbons (Fsp3) is 0.667. The van der Waals surface area contributed by atoms with Crippen molar-refractivity contribution in [2.45, 2.75) is 58.3 Å². The van der Waals surface area contributed by atoms with Gasteiger partial charge in [-0.2, -0.15) is 0 Å². The molecule has 1 aliphatic heterocycles. The Hall–Kier alpha value is -0.870. The summed E-state index contributed by atoms with van der Waals surface area (Å²) in [5.41, 5.74) is 0. The number of rotatable bonds is 3. The summed E-state index contributed by atoms with van der Waals surface area (Å²) >= 11 is 1.80.